The van der Waals surface area contributed by atoms with E-state index in [0.29, 0.717) is 17.8 Å². The Bertz CT molecular complexity index is 995. The number of rotatable bonds is 5. The maximum atomic E-state index is 5.73. The Kier molecular flexibility index (Phi) is 3.41. The molecule has 2 aliphatic rings. The van der Waals surface area contributed by atoms with Crippen LogP contribution in [0.1, 0.15) is 55.4 Å². The number of aromatic amines is 1. The second-order valence-electron chi connectivity index (χ2n) is 7.22. The number of nitrogens with one attached hydrogen (secondary N) is 2. The van der Waals surface area contributed by atoms with E-state index in [9.17, 15) is 0 Å². The van der Waals surface area contributed by atoms with Crippen LogP contribution in [-0.2, 0) is 6.42 Å². The van der Waals surface area contributed by atoms with Gasteiger partial charge in [-0.15, -0.1) is 5.10 Å². The van der Waals surface area contributed by atoms with Crippen LogP contribution in [0.15, 0.2) is 28.7 Å². The SMILES string of the molecule is CC(C)Nc1nnc(-c2ccc3c(c2)C(c2n[nH]c(C4CC4)n2)=CC3)o1. The summed E-state index contributed by atoms with van der Waals surface area (Å²) in [7, 11) is 0. The van der Waals surface area contributed by atoms with E-state index in [1.807, 2.05) is 19.9 Å². The van der Waals surface area contributed by atoms with E-state index >= 15 is 0 Å². The van der Waals surface area contributed by atoms with E-state index in [0.717, 1.165) is 34.8 Å². The number of aromatic nitrogens is 5. The van der Waals surface area contributed by atoms with Gasteiger partial charge in [-0.25, -0.2) is 4.98 Å². The van der Waals surface area contributed by atoms with Gasteiger partial charge in [0.15, 0.2) is 5.82 Å². The minimum Gasteiger partial charge on any atom is -0.403 e. The minimum atomic E-state index is 0.240. The zero-order valence-electron chi connectivity index (χ0n) is 14.8. The molecule has 1 fully saturated rings. The Hall–Kier alpha value is -2.96. The Balaban J connectivity index is 1.46. The average Bonchev–Trinajstić information content (AvgIpc) is 3.04. The number of hydrogen-bond acceptors (Lipinski definition) is 6. The summed E-state index contributed by atoms with van der Waals surface area (Å²) in [6, 6.07) is 6.91. The third-order valence-corrected chi connectivity index (χ3v) is 4.72. The quantitative estimate of drug-likeness (QED) is 0.732. The first-order valence-electron chi connectivity index (χ1n) is 9.04. The highest BCUT2D eigenvalue weighted by atomic mass is 16.4. The van der Waals surface area contributed by atoms with E-state index in [-0.39, 0.29) is 6.04 Å². The third kappa shape index (κ3) is 2.69. The van der Waals surface area contributed by atoms with Crippen molar-refractivity contribution in [2.75, 3.05) is 5.32 Å². The topological polar surface area (TPSA) is 92.5 Å². The van der Waals surface area contributed by atoms with Gasteiger partial charge in [0.05, 0.1) is 0 Å². The lowest BCUT2D eigenvalue weighted by atomic mass is 10.0. The number of benzene rings is 1. The molecule has 0 saturated heterocycles. The number of nitrogens with zero attached hydrogens (tertiary/aromatic N) is 4. The van der Waals surface area contributed by atoms with Crippen molar-refractivity contribution in [2.24, 2.45) is 0 Å². The van der Waals surface area contributed by atoms with Crippen molar-refractivity contribution in [2.45, 2.75) is 45.1 Å². The molecule has 0 amide bonds. The molecular formula is C19H20N6O. The predicted molar refractivity (Wildman–Crippen MR) is 97.6 cm³/mol. The maximum Gasteiger partial charge on any atom is 0.315 e. The third-order valence-electron chi connectivity index (χ3n) is 4.72. The molecule has 0 aliphatic heterocycles. The van der Waals surface area contributed by atoms with Crippen LogP contribution in [0.3, 0.4) is 0 Å². The van der Waals surface area contributed by atoms with E-state index in [4.69, 9.17) is 9.40 Å². The molecule has 1 saturated carbocycles. The molecule has 2 aromatic heterocycles. The lowest BCUT2D eigenvalue weighted by molar-refractivity contribution is 0.574. The summed E-state index contributed by atoms with van der Waals surface area (Å²) in [5.74, 6) is 2.85. The summed E-state index contributed by atoms with van der Waals surface area (Å²) in [6.45, 7) is 4.06. The Morgan fingerprint density at radius 1 is 1.23 bits per heavy atom. The minimum absolute atomic E-state index is 0.240. The predicted octanol–water partition coefficient (Wildman–Crippen LogP) is 3.54. The molecule has 26 heavy (non-hydrogen) atoms. The van der Waals surface area contributed by atoms with Gasteiger partial charge in [0.25, 0.3) is 0 Å². The summed E-state index contributed by atoms with van der Waals surface area (Å²) in [4.78, 5) is 4.70. The normalized spacial score (nSPS) is 16.0. The maximum absolute atomic E-state index is 5.73. The van der Waals surface area contributed by atoms with Crippen LogP contribution < -0.4 is 5.32 Å². The van der Waals surface area contributed by atoms with Crippen molar-refractivity contribution in [3.63, 3.8) is 0 Å². The summed E-state index contributed by atoms with van der Waals surface area (Å²) >= 11 is 0. The second-order valence-corrected chi connectivity index (χ2v) is 7.22. The first-order valence-corrected chi connectivity index (χ1v) is 9.04. The molecule has 132 valence electrons. The van der Waals surface area contributed by atoms with Crippen LogP contribution in [0.2, 0.25) is 0 Å². The van der Waals surface area contributed by atoms with E-state index in [2.05, 4.69) is 43.9 Å². The van der Waals surface area contributed by atoms with Gasteiger partial charge in [-0.1, -0.05) is 17.2 Å². The van der Waals surface area contributed by atoms with Crippen LogP contribution >= 0.6 is 0 Å². The molecule has 3 aromatic rings. The summed E-state index contributed by atoms with van der Waals surface area (Å²) in [6.07, 6.45) is 5.49. The van der Waals surface area contributed by atoms with E-state index in [1.54, 1.807) is 0 Å². The van der Waals surface area contributed by atoms with Gasteiger partial charge in [0, 0.05) is 23.1 Å². The van der Waals surface area contributed by atoms with Gasteiger partial charge in [-0.05, 0) is 56.4 Å². The van der Waals surface area contributed by atoms with E-state index in [1.165, 1.54) is 18.4 Å². The smallest absolute Gasteiger partial charge is 0.315 e. The molecule has 0 bridgehead atoms. The molecule has 1 aromatic carbocycles. The van der Waals surface area contributed by atoms with Gasteiger partial charge < -0.3 is 9.73 Å². The molecule has 2 aliphatic carbocycles. The molecule has 0 atom stereocenters. The van der Waals surface area contributed by atoms with Gasteiger partial charge >= 0.3 is 6.01 Å². The van der Waals surface area contributed by atoms with Crippen molar-refractivity contribution in [1.82, 2.24) is 25.4 Å². The van der Waals surface area contributed by atoms with Crippen molar-refractivity contribution < 1.29 is 4.42 Å². The number of H-pyrrole nitrogens is 1. The number of allylic oxidation sites excluding steroid dienone is 1. The van der Waals surface area contributed by atoms with Gasteiger partial charge in [0.2, 0.25) is 5.89 Å². The molecular weight excluding hydrogens is 328 g/mol. The summed E-state index contributed by atoms with van der Waals surface area (Å²) in [5, 5.41) is 18.9. The highest BCUT2D eigenvalue weighted by molar-refractivity contribution is 5.83. The number of fused-ring (bicyclic) bond motifs is 1. The highest BCUT2D eigenvalue weighted by Crippen LogP contribution is 2.39. The molecule has 5 rings (SSSR count). The number of hydrogen-bond donors (Lipinski definition) is 2. The van der Waals surface area contributed by atoms with Gasteiger partial charge in [-0.2, -0.15) is 5.10 Å². The lowest BCUT2D eigenvalue weighted by Crippen LogP contribution is -2.09. The van der Waals surface area contributed by atoms with Crippen molar-refractivity contribution in [1.29, 1.82) is 0 Å². The second kappa shape index (κ2) is 5.79. The largest absolute Gasteiger partial charge is 0.403 e. The van der Waals surface area contributed by atoms with Crippen LogP contribution in [-0.4, -0.2) is 31.4 Å². The number of anilines is 1. The first-order chi connectivity index (χ1) is 12.7. The molecule has 0 unspecified atom stereocenters. The fourth-order valence-electron chi connectivity index (χ4n) is 3.25. The molecule has 7 heteroatoms. The molecule has 7 nitrogen and oxygen atoms in total. The van der Waals surface area contributed by atoms with Crippen LogP contribution in [0.5, 0.6) is 0 Å². The average molecular weight is 348 g/mol. The zero-order chi connectivity index (χ0) is 17.7. The molecule has 0 radical (unpaired) electrons. The molecule has 2 heterocycles. The van der Waals surface area contributed by atoms with Crippen molar-refractivity contribution in [3.05, 3.63) is 47.1 Å². The zero-order valence-corrected chi connectivity index (χ0v) is 14.8. The fourth-order valence-corrected chi connectivity index (χ4v) is 3.25. The van der Waals surface area contributed by atoms with Crippen LogP contribution in [0.25, 0.3) is 17.0 Å². The van der Waals surface area contributed by atoms with Crippen LogP contribution in [0.4, 0.5) is 6.01 Å². The van der Waals surface area contributed by atoms with Gasteiger partial charge in [-0.3, -0.25) is 5.10 Å². The Morgan fingerprint density at radius 2 is 2.12 bits per heavy atom. The van der Waals surface area contributed by atoms with Crippen molar-refractivity contribution in [3.8, 4) is 11.5 Å². The molecule has 2 N–H and O–H groups in total. The summed E-state index contributed by atoms with van der Waals surface area (Å²) < 4.78 is 5.73. The van der Waals surface area contributed by atoms with E-state index < -0.39 is 0 Å². The monoisotopic (exact) mass is 348 g/mol. The van der Waals surface area contributed by atoms with Crippen LogP contribution in [0, 0.1) is 0 Å². The summed E-state index contributed by atoms with van der Waals surface area (Å²) in [5.41, 5.74) is 4.38. The standard InChI is InChI=1S/C19H20N6O/c1-10(2)20-19-25-24-18(26-19)13-6-3-11-7-8-14(15(11)9-13)17-21-16(22-23-17)12-4-5-12/h3,6,8-10,12H,4-5,7H2,1-2H3,(H,20,25)(H,21,22,23). The van der Waals surface area contributed by atoms with Crippen molar-refractivity contribution >= 4 is 11.6 Å². The Morgan fingerprint density at radius 3 is 2.92 bits per heavy atom. The fraction of sp³-hybridized carbons (Fsp3) is 0.368. The first kappa shape index (κ1) is 15.3. The highest BCUT2D eigenvalue weighted by Gasteiger charge is 2.28. The lowest BCUT2D eigenvalue weighted by Gasteiger charge is -2.05. The van der Waals surface area contributed by atoms with Gasteiger partial charge in [0.1, 0.15) is 5.82 Å². The Labute approximate surface area is 150 Å². The molecule has 0 spiro atoms.